The van der Waals surface area contributed by atoms with E-state index in [1.165, 1.54) is 0 Å². The smallest absolute Gasteiger partial charge is 0.132 e. The van der Waals surface area contributed by atoms with Gasteiger partial charge in [-0.2, -0.15) is 5.26 Å². The normalized spacial score (nSPS) is 10.0. The maximum atomic E-state index is 13.6. The van der Waals surface area contributed by atoms with E-state index < -0.39 is 11.6 Å². The Morgan fingerprint density at radius 2 is 1.84 bits per heavy atom. The highest BCUT2D eigenvalue weighted by Gasteiger charge is 2.10. The lowest BCUT2D eigenvalue weighted by molar-refractivity contribution is 0.559. The first kappa shape index (κ1) is 13.0. The lowest BCUT2D eigenvalue weighted by Gasteiger charge is -2.09. The van der Waals surface area contributed by atoms with Gasteiger partial charge in [0.15, 0.2) is 0 Å². The van der Waals surface area contributed by atoms with Crippen LogP contribution in [0.15, 0.2) is 36.4 Å². The summed E-state index contributed by atoms with van der Waals surface area (Å²) in [5.41, 5.74) is 1.77. The molecule has 0 heterocycles. The van der Waals surface area contributed by atoms with Crippen LogP contribution in [0.4, 0.5) is 14.5 Å². The van der Waals surface area contributed by atoms with Crippen molar-refractivity contribution in [1.82, 2.24) is 0 Å². The number of nitrogens with zero attached hydrogens (tertiary/aromatic N) is 1. The number of hydrogen-bond donors (Lipinski definition) is 1. The van der Waals surface area contributed by atoms with Gasteiger partial charge < -0.3 is 5.32 Å². The second kappa shape index (κ2) is 5.49. The Balaban J connectivity index is 2.18. The summed E-state index contributed by atoms with van der Waals surface area (Å²) < 4.78 is 27.3. The van der Waals surface area contributed by atoms with Gasteiger partial charge in [0.2, 0.25) is 0 Å². The molecule has 0 aliphatic heterocycles. The first-order chi connectivity index (χ1) is 9.10. The summed E-state index contributed by atoms with van der Waals surface area (Å²) in [6.45, 7) is 1.97. The summed E-state index contributed by atoms with van der Waals surface area (Å²) in [7, 11) is 0. The summed E-state index contributed by atoms with van der Waals surface area (Å²) in [5, 5.41) is 11.6. The van der Waals surface area contributed by atoms with Crippen LogP contribution in [-0.2, 0) is 6.54 Å². The van der Waals surface area contributed by atoms with Crippen molar-refractivity contribution in [3.05, 3.63) is 64.7 Å². The second-order valence-corrected chi connectivity index (χ2v) is 4.25. The molecule has 0 aromatic heterocycles. The third-order valence-corrected chi connectivity index (χ3v) is 2.76. The molecule has 0 atom stereocenters. The SMILES string of the molecule is Cc1cccc(NCc2c(F)cc(C#N)cc2F)c1. The van der Waals surface area contributed by atoms with Gasteiger partial charge >= 0.3 is 0 Å². The van der Waals surface area contributed by atoms with E-state index in [-0.39, 0.29) is 17.7 Å². The molecule has 2 aromatic rings. The van der Waals surface area contributed by atoms with Gasteiger partial charge in [0.1, 0.15) is 11.6 Å². The lowest BCUT2D eigenvalue weighted by atomic mass is 10.1. The Morgan fingerprint density at radius 1 is 1.16 bits per heavy atom. The van der Waals surface area contributed by atoms with Crippen LogP contribution in [0.25, 0.3) is 0 Å². The highest BCUT2D eigenvalue weighted by Crippen LogP contribution is 2.17. The van der Waals surface area contributed by atoms with Crippen molar-refractivity contribution in [3.8, 4) is 6.07 Å². The number of nitriles is 1. The molecule has 4 heteroatoms. The molecule has 1 N–H and O–H groups in total. The van der Waals surface area contributed by atoms with Gasteiger partial charge in [-0.05, 0) is 36.8 Å². The van der Waals surface area contributed by atoms with Crippen LogP contribution < -0.4 is 5.32 Å². The Morgan fingerprint density at radius 3 is 2.42 bits per heavy atom. The zero-order valence-electron chi connectivity index (χ0n) is 10.4. The van der Waals surface area contributed by atoms with E-state index in [1.807, 2.05) is 31.2 Å². The fourth-order valence-corrected chi connectivity index (χ4v) is 1.78. The number of benzene rings is 2. The molecule has 0 bridgehead atoms. The van der Waals surface area contributed by atoms with E-state index in [4.69, 9.17) is 5.26 Å². The largest absolute Gasteiger partial charge is 0.381 e. The van der Waals surface area contributed by atoms with Crippen LogP contribution in [0.5, 0.6) is 0 Å². The minimum absolute atomic E-state index is 0.0192. The number of hydrogen-bond acceptors (Lipinski definition) is 2. The average Bonchev–Trinajstić information content (AvgIpc) is 2.37. The van der Waals surface area contributed by atoms with Crippen LogP contribution in [0, 0.1) is 29.9 Å². The zero-order chi connectivity index (χ0) is 13.8. The second-order valence-electron chi connectivity index (χ2n) is 4.25. The van der Waals surface area contributed by atoms with Crippen molar-refractivity contribution >= 4 is 5.69 Å². The maximum Gasteiger partial charge on any atom is 0.132 e. The molecule has 96 valence electrons. The molecular formula is C15H12F2N2. The molecule has 0 aliphatic rings. The first-order valence-corrected chi connectivity index (χ1v) is 5.78. The highest BCUT2D eigenvalue weighted by molar-refractivity contribution is 5.46. The Labute approximate surface area is 110 Å². The monoisotopic (exact) mass is 258 g/mol. The van der Waals surface area contributed by atoms with Crippen molar-refractivity contribution in [2.45, 2.75) is 13.5 Å². The summed E-state index contributed by atoms with van der Waals surface area (Å²) in [6.07, 6.45) is 0. The Hall–Kier alpha value is -2.41. The molecule has 2 aromatic carbocycles. The molecular weight excluding hydrogens is 246 g/mol. The highest BCUT2D eigenvalue weighted by atomic mass is 19.1. The summed E-state index contributed by atoms with van der Waals surface area (Å²) in [5.74, 6) is -1.42. The van der Waals surface area contributed by atoms with Gasteiger partial charge in [-0.1, -0.05) is 12.1 Å². The van der Waals surface area contributed by atoms with Gasteiger partial charge in [-0.25, -0.2) is 8.78 Å². The minimum atomic E-state index is -0.711. The molecule has 0 unspecified atom stereocenters. The third-order valence-electron chi connectivity index (χ3n) is 2.76. The molecule has 0 amide bonds. The van der Waals surface area contributed by atoms with Gasteiger partial charge in [0.25, 0.3) is 0 Å². The van der Waals surface area contributed by atoms with Gasteiger partial charge in [-0.15, -0.1) is 0 Å². The summed E-state index contributed by atoms with van der Waals surface area (Å²) >= 11 is 0. The van der Waals surface area contributed by atoms with Crippen LogP contribution in [-0.4, -0.2) is 0 Å². The lowest BCUT2D eigenvalue weighted by Crippen LogP contribution is -2.05. The standard InChI is InChI=1S/C15H12F2N2/c1-10-3-2-4-12(5-10)19-9-13-14(16)6-11(8-18)7-15(13)17/h2-7,19H,9H2,1H3. The van der Waals surface area contributed by atoms with Crippen LogP contribution in [0.3, 0.4) is 0 Å². The van der Waals surface area contributed by atoms with Gasteiger partial charge in [0.05, 0.1) is 11.6 Å². The number of halogens is 2. The van der Waals surface area contributed by atoms with E-state index in [9.17, 15) is 8.78 Å². The molecule has 0 radical (unpaired) electrons. The number of nitrogens with one attached hydrogen (secondary N) is 1. The maximum absolute atomic E-state index is 13.6. The van der Waals surface area contributed by atoms with Crippen LogP contribution in [0.2, 0.25) is 0 Å². The molecule has 0 spiro atoms. The summed E-state index contributed by atoms with van der Waals surface area (Å²) in [4.78, 5) is 0. The Bertz CT molecular complexity index is 622. The molecule has 2 nitrogen and oxygen atoms in total. The van der Waals surface area contributed by atoms with E-state index in [0.29, 0.717) is 0 Å². The molecule has 19 heavy (non-hydrogen) atoms. The average molecular weight is 258 g/mol. The van der Waals surface area contributed by atoms with Crippen molar-refractivity contribution in [2.75, 3.05) is 5.32 Å². The Kier molecular flexibility index (Phi) is 3.76. The predicted molar refractivity (Wildman–Crippen MR) is 69.6 cm³/mol. The molecule has 0 fully saturated rings. The van der Waals surface area contributed by atoms with Gasteiger partial charge in [-0.3, -0.25) is 0 Å². The molecule has 0 saturated carbocycles. The topological polar surface area (TPSA) is 35.8 Å². The van der Waals surface area contributed by atoms with E-state index in [0.717, 1.165) is 23.4 Å². The van der Waals surface area contributed by atoms with Crippen LogP contribution in [0.1, 0.15) is 16.7 Å². The molecule has 0 aliphatic carbocycles. The van der Waals surface area contributed by atoms with Crippen molar-refractivity contribution in [1.29, 1.82) is 5.26 Å². The molecule has 0 saturated heterocycles. The zero-order valence-corrected chi connectivity index (χ0v) is 10.4. The minimum Gasteiger partial charge on any atom is -0.381 e. The number of rotatable bonds is 3. The predicted octanol–water partition coefficient (Wildman–Crippen LogP) is 3.76. The van der Waals surface area contributed by atoms with Crippen molar-refractivity contribution in [2.24, 2.45) is 0 Å². The van der Waals surface area contributed by atoms with E-state index in [2.05, 4.69) is 5.32 Å². The third kappa shape index (κ3) is 3.08. The summed E-state index contributed by atoms with van der Waals surface area (Å²) in [6, 6.07) is 11.3. The number of anilines is 1. The fourth-order valence-electron chi connectivity index (χ4n) is 1.78. The van der Waals surface area contributed by atoms with E-state index >= 15 is 0 Å². The molecule has 2 rings (SSSR count). The van der Waals surface area contributed by atoms with E-state index in [1.54, 1.807) is 6.07 Å². The van der Waals surface area contributed by atoms with Crippen molar-refractivity contribution < 1.29 is 8.78 Å². The fraction of sp³-hybridized carbons (Fsp3) is 0.133. The first-order valence-electron chi connectivity index (χ1n) is 5.78. The number of aryl methyl sites for hydroxylation is 1. The quantitative estimate of drug-likeness (QED) is 0.909. The van der Waals surface area contributed by atoms with Crippen LogP contribution >= 0.6 is 0 Å². The van der Waals surface area contributed by atoms with Gasteiger partial charge in [0, 0.05) is 17.8 Å². The van der Waals surface area contributed by atoms with Crippen molar-refractivity contribution in [3.63, 3.8) is 0 Å².